The number of fused-ring (bicyclic) bond motifs is 1. The summed E-state index contributed by atoms with van der Waals surface area (Å²) in [4.78, 5) is 12.6. The first-order chi connectivity index (χ1) is 9.74. The lowest BCUT2D eigenvalue weighted by Gasteiger charge is -2.05. The maximum Gasteiger partial charge on any atom is 0.189 e. The number of rotatable bonds is 1. The lowest BCUT2D eigenvalue weighted by Crippen LogP contribution is -2.03. The smallest absolute Gasteiger partial charge is 0.189 e. The van der Waals surface area contributed by atoms with Gasteiger partial charge in [0.15, 0.2) is 5.78 Å². The van der Waals surface area contributed by atoms with Gasteiger partial charge in [-0.3, -0.25) is 4.79 Å². The Balaban J connectivity index is 2.01. The zero-order valence-electron chi connectivity index (χ0n) is 11.1. The predicted molar refractivity (Wildman–Crippen MR) is 85.8 cm³/mol. The lowest BCUT2D eigenvalue weighted by atomic mass is 9.98. The quantitative estimate of drug-likeness (QED) is 0.529. The summed E-state index contributed by atoms with van der Waals surface area (Å²) in [6.07, 6.45) is 4.88. The Labute approximate surface area is 127 Å². The number of ketones is 1. The number of hydrogen-bond donors (Lipinski definition) is 0. The molecule has 0 saturated carbocycles. The van der Waals surface area contributed by atoms with Gasteiger partial charge < -0.3 is 0 Å². The molecule has 20 heavy (non-hydrogen) atoms. The molecule has 2 heteroatoms. The van der Waals surface area contributed by atoms with Crippen LogP contribution in [0.15, 0.2) is 58.6 Å². The third-order valence-electron chi connectivity index (χ3n) is 3.64. The number of hydrogen-bond acceptors (Lipinski definition) is 1. The highest BCUT2D eigenvalue weighted by molar-refractivity contribution is 9.10. The number of carbonyl (C=O) groups is 1. The van der Waals surface area contributed by atoms with Gasteiger partial charge >= 0.3 is 0 Å². The highest BCUT2D eigenvalue weighted by Gasteiger charge is 2.19. The van der Waals surface area contributed by atoms with Crippen molar-refractivity contribution in [3.8, 4) is 0 Å². The Hall–Kier alpha value is -1.67. The van der Waals surface area contributed by atoms with E-state index in [-0.39, 0.29) is 5.78 Å². The maximum atomic E-state index is 12.6. The van der Waals surface area contributed by atoms with Crippen LogP contribution in [0.5, 0.6) is 0 Å². The molecule has 0 bridgehead atoms. The normalized spacial score (nSPS) is 16.9. The Morgan fingerprint density at radius 3 is 2.70 bits per heavy atom. The zero-order chi connectivity index (χ0) is 13.9. The fourth-order valence-corrected chi connectivity index (χ4v) is 3.07. The van der Waals surface area contributed by atoms with Crippen LogP contribution in [0.2, 0.25) is 0 Å². The highest BCUT2D eigenvalue weighted by Crippen LogP contribution is 2.26. The van der Waals surface area contributed by atoms with Gasteiger partial charge in [-0.15, -0.1) is 0 Å². The fraction of sp³-hybridized carbons (Fsp3) is 0.167. The highest BCUT2D eigenvalue weighted by atomic mass is 79.9. The van der Waals surface area contributed by atoms with Gasteiger partial charge in [-0.25, -0.2) is 0 Å². The monoisotopic (exact) mass is 326 g/mol. The van der Waals surface area contributed by atoms with Crippen LogP contribution in [0.4, 0.5) is 0 Å². The number of benzene rings is 2. The Bertz CT molecular complexity index is 685. The fourth-order valence-electron chi connectivity index (χ4n) is 2.65. The van der Waals surface area contributed by atoms with E-state index in [2.05, 4.69) is 22.0 Å². The van der Waals surface area contributed by atoms with E-state index < -0.39 is 0 Å². The third kappa shape index (κ3) is 2.75. The van der Waals surface area contributed by atoms with Crippen molar-refractivity contribution in [3.63, 3.8) is 0 Å². The Morgan fingerprint density at radius 2 is 1.85 bits per heavy atom. The largest absolute Gasteiger partial charge is 0.289 e. The number of aryl methyl sites for hydroxylation is 1. The van der Waals surface area contributed by atoms with E-state index >= 15 is 0 Å². The second-order valence-corrected chi connectivity index (χ2v) is 5.98. The van der Waals surface area contributed by atoms with Crippen molar-refractivity contribution in [2.24, 2.45) is 0 Å². The van der Waals surface area contributed by atoms with E-state index in [0.717, 1.165) is 40.4 Å². The van der Waals surface area contributed by atoms with Crippen LogP contribution >= 0.6 is 15.9 Å². The van der Waals surface area contributed by atoms with E-state index in [0.29, 0.717) is 0 Å². The SMILES string of the molecule is O=C1/C(=C/c2cccc(Br)c2)CCCc2ccccc21. The van der Waals surface area contributed by atoms with E-state index in [1.165, 1.54) is 5.56 Å². The molecule has 0 amide bonds. The number of halogens is 1. The van der Waals surface area contributed by atoms with E-state index in [1.807, 2.05) is 48.5 Å². The van der Waals surface area contributed by atoms with Crippen LogP contribution in [-0.4, -0.2) is 5.78 Å². The summed E-state index contributed by atoms with van der Waals surface area (Å²) >= 11 is 3.47. The molecule has 0 atom stereocenters. The molecule has 0 radical (unpaired) electrons. The van der Waals surface area contributed by atoms with Crippen LogP contribution in [0.25, 0.3) is 6.08 Å². The van der Waals surface area contributed by atoms with Gasteiger partial charge in [-0.05, 0) is 48.6 Å². The molecule has 0 saturated heterocycles. The van der Waals surface area contributed by atoms with Crippen molar-refractivity contribution in [3.05, 3.63) is 75.3 Å². The van der Waals surface area contributed by atoms with Gasteiger partial charge in [0.2, 0.25) is 0 Å². The van der Waals surface area contributed by atoms with Crippen molar-refractivity contribution in [2.45, 2.75) is 19.3 Å². The second-order valence-electron chi connectivity index (χ2n) is 5.06. The summed E-state index contributed by atoms with van der Waals surface area (Å²) in [5.74, 6) is 0.179. The summed E-state index contributed by atoms with van der Waals surface area (Å²) in [6.45, 7) is 0. The van der Waals surface area contributed by atoms with E-state index in [9.17, 15) is 4.79 Å². The molecular formula is C18H15BrO. The molecule has 1 aliphatic carbocycles. The van der Waals surface area contributed by atoms with Gasteiger partial charge in [0.05, 0.1) is 0 Å². The average molecular weight is 327 g/mol. The topological polar surface area (TPSA) is 17.1 Å². The molecule has 0 heterocycles. The Kier molecular flexibility index (Phi) is 3.83. The minimum Gasteiger partial charge on any atom is -0.289 e. The van der Waals surface area contributed by atoms with Gasteiger partial charge in [-0.2, -0.15) is 0 Å². The summed E-state index contributed by atoms with van der Waals surface area (Å²) in [6, 6.07) is 16.0. The molecule has 100 valence electrons. The molecule has 0 unspecified atom stereocenters. The molecule has 2 aromatic carbocycles. The number of carbonyl (C=O) groups excluding carboxylic acids is 1. The second kappa shape index (κ2) is 5.76. The van der Waals surface area contributed by atoms with Crippen LogP contribution in [-0.2, 0) is 6.42 Å². The molecule has 0 spiro atoms. The standard InChI is InChI=1S/C18H15BrO/c19-16-9-3-5-13(12-16)11-15-8-4-7-14-6-1-2-10-17(14)18(15)20/h1-3,5-6,9-12H,4,7-8H2/b15-11+. The van der Waals surface area contributed by atoms with Crippen molar-refractivity contribution in [1.29, 1.82) is 0 Å². The predicted octanol–water partition coefficient (Wildman–Crippen LogP) is 5.05. The average Bonchev–Trinajstić information content (AvgIpc) is 2.60. The van der Waals surface area contributed by atoms with Crippen molar-refractivity contribution >= 4 is 27.8 Å². The minimum absolute atomic E-state index is 0.179. The van der Waals surface area contributed by atoms with Crippen LogP contribution in [0.3, 0.4) is 0 Å². The van der Waals surface area contributed by atoms with Crippen LogP contribution in [0.1, 0.15) is 34.3 Å². The molecule has 1 aliphatic rings. The number of allylic oxidation sites excluding steroid dienone is 1. The molecule has 0 N–H and O–H groups in total. The van der Waals surface area contributed by atoms with Crippen molar-refractivity contribution in [1.82, 2.24) is 0 Å². The summed E-state index contributed by atoms with van der Waals surface area (Å²) < 4.78 is 1.04. The molecule has 0 aliphatic heterocycles. The first-order valence-electron chi connectivity index (χ1n) is 6.83. The van der Waals surface area contributed by atoms with Crippen molar-refractivity contribution in [2.75, 3.05) is 0 Å². The van der Waals surface area contributed by atoms with Crippen LogP contribution < -0.4 is 0 Å². The summed E-state index contributed by atoms with van der Waals surface area (Å²) in [5.41, 5.74) is 4.02. The molecule has 0 fully saturated rings. The zero-order valence-corrected chi connectivity index (χ0v) is 12.7. The molecule has 3 rings (SSSR count). The third-order valence-corrected chi connectivity index (χ3v) is 4.13. The molecule has 0 aromatic heterocycles. The molecular weight excluding hydrogens is 312 g/mol. The minimum atomic E-state index is 0.179. The van der Waals surface area contributed by atoms with Crippen molar-refractivity contribution < 1.29 is 4.79 Å². The maximum absolute atomic E-state index is 12.6. The van der Waals surface area contributed by atoms with Crippen LogP contribution in [0, 0.1) is 0 Å². The first kappa shape index (κ1) is 13.3. The lowest BCUT2D eigenvalue weighted by molar-refractivity contribution is 0.103. The number of Topliss-reactive ketones (excluding diaryl/α,β-unsaturated/α-hetero) is 1. The van der Waals surface area contributed by atoms with Gasteiger partial charge in [0.1, 0.15) is 0 Å². The molecule has 2 aromatic rings. The van der Waals surface area contributed by atoms with Gasteiger partial charge in [0, 0.05) is 15.6 Å². The first-order valence-corrected chi connectivity index (χ1v) is 7.62. The van der Waals surface area contributed by atoms with Gasteiger partial charge in [-0.1, -0.05) is 52.3 Å². The van der Waals surface area contributed by atoms with E-state index in [1.54, 1.807) is 0 Å². The summed E-state index contributed by atoms with van der Waals surface area (Å²) in [5, 5.41) is 0. The molecule has 1 nitrogen and oxygen atoms in total. The Morgan fingerprint density at radius 1 is 1.00 bits per heavy atom. The van der Waals surface area contributed by atoms with Gasteiger partial charge in [0.25, 0.3) is 0 Å². The summed E-state index contributed by atoms with van der Waals surface area (Å²) in [7, 11) is 0. The van der Waals surface area contributed by atoms with E-state index in [4.69, 9.17) is 0 Å².